The molecular weight excluding hydrogens is 290 g/mol. The largest absolute Gasteiger partial charge is 0.341 e. The standard InChI is InChI=1S/C15H27N3O2.ClH/c1-13(19)17-9-2-10-18(12-11-17)15(20)4-3-14-5-7-16-8-6-14;/h14,16H,2-12H2,1H3;1H. The third kappa shape index (κ3) is 5.83. The molecule has 0 atom stereocenters. The third-order valence-corrected chi connectivity index (χ3v) is 4.52. The lowest BCUT2D eigenvalue weighted by molar-refractivity contribution is -0.132. The highest BCUT2D eigenvalue weighted by atomic mass is 35.5. The van der Waals surface area contributed by atoms with E-state index in [4.69, 9.17) is 0 Å². The molecule has 5 nitrogen and oxygen atoms in total. The molecule has 1 N–H and O–H groups in total. The van der Waals surface area contributed by atoms with Gasteiger partial charge >= 0.3 is 0 Å². The Labute approximate surface area is 133 Å². The molecule has 122 valence electrons. The first-order valence-corrected chi connectivity index (χ1v) is 7.91. The van der Waals surface area contributed by atoms with E-state index in [1.54, 1.807) is 6.92 Å². The topological polar surface area (TPSA) is 52.7 Å². The van der Waals surface area contributed by atoms with Crippen LogP contribution >= 0.6 is 12.4 Å². The highest BCUT2D eigenvalue weighted by molar-refractivity contribution is 5.85. The summed E-state index contributed by atoms with van der Waals surface area (Å²) in [4.78, 5) is 27.4. The lowest BCUT2D eigenvalue weighted by atomic mass is 9.93. The maximum absolute atomic E-state index is 12.3. The summed E-state index contributed by atoms with van der Waals surface area (Å²) in [5.74, 6) is 1.10. The molecule has 0 saturated carbocycles. The molecule has 0 aromatic rings. The van der Waals surface area contributed by atoms with Crippen LogP contribution in [-0.4, -0.2) is 60.9 Å². The lowest BCUT2D eigenvalue weighted by Gasteiger charge is -2.25. The molecule has 0 aliphatic carbocycles. The van der Waals surface area contributed by atoms with E-state index in [0.717, 1.165) is 39.0 Å². The van der Waals surface area contributed by atoms with E-state index in [1.165, 1.54) is 12.8 Å². The molecular formula is C15H28ClN3O2. The average molecular weight is 318 g/mol. The second-order valence-corrected chi connectivity index (χ2v) is 5.97. The molecule has 2 rings (SSSR count). The minimum absolute atomic E-state index is 0. The third-order valence-electron chi connectivity index (χ3n) is 4.52. The zero-order valence-corrected chi connectivity index (χ0v) is 13.8. The van der Waals surface area contributed by atoms with E-state index in [0.29, 0.717) is 25.4 Å². The summed E-state index contributed by atoms with van der Waals surface area (Å²) >= 11 is 0. The van der Waals surface area contributed by atoms with Gasteiger partial charge < -0.3 is 15.1 Å². The van der Waals surface area contributed by atoms with Gasteiger partial charge in [-0.25, -0.2) is 0 Å². The summed E-state index contributed by atoms with van der Waals surface area (Å²) in [6, 6.07) is 0. The highest BCUT2D eigenvalue weighted by Gasteiger charge is 2.21. The van der Waals surface area contributed by atoms with Crippen molar-refractivity contribution in [2.75, 3.05) is 39.3 Å². The monoisotopic (exact) mass is 317 g/mol. The molecule has 2 fully saturated rings. The Bertz CT molecular complexity index is 346. The Kier molecular flexibility index (Phi) is 8.04. The molecule has 0 bridgehead atoms. The number of rotatable bonds is 3. The van der Waals surface area contributed by atoms with Gasteiger partial charge in [-0.15, -0.1) is 12.4 Å². The first kappa shape index (κ1) is 18.2. The fourth-order valence-corrected chi connectivity index (χ4v) is 3.14. The van der Waals surface area contributed by atoms with Crippen LogP contribution < -0.4 is 5.32 Å². The van der Waals surface area contributed by atoms with Gasteiger partial charge in [-0.2, -0.15) is 0 Å². The maximum Gasteiger partial charge on any atom is 0.222 e. The van der Waals surface area contributed by atoms with E-state index >= 15 is 0 Å². The van der Waals surface area contributed by atoms with Gasteiger partial charge in [0.25, 0.3) is 0 Å². The van der Waals surface area contributed by atoms with Crippen LogP contribution in [0.15, 0.2) is 0 Å². The second kappa shape index (κ2) is 9.26. The van der Waals surface area contributed by atoms with Crippen LogP contribution in [0.1, 0.15) is 39.0 Å². The van der Waals surface area contributed by atoms with Crippen LogP contribution in [0.2, 0.25) is 0 Å². The van der Waals surface area contributed by atoms with Crippen LogP contribution in [0.5, 0.6) is 0 Å². The first-order chi connectivity index (χ1) is 9.66. The number of piperidine rings is 1. The first-order valence-electron chi connectivity index (χ1n) is 7.91. The number of amides is 2. The summed E-state index contributed by atoms with van der Waals surface area (Å²) in [6.45, 7) is 6.77. The van der Waals surface area contributed by atoms with E-state index in [-0.39, 0.29) is 24.2 Å². The molecule has 0 aromatic heterocycles. The minimum Gasteiger partial charge on any atom is -0.341 e. The lowest BCUT2D eigenvalue weighted by Crippen LogP contribution is -2.37. The molecule has 2 aliphatic heterocycles. The van der Waals surface area contributed by atoms with Gasteiger partial charge in [0.05, 0.1) is 0 Å². The van der Waals surface area contributed by atoms with Crippen LogP contribution in [0, 0.1) is 5.92 Å². The van der Waals surface area contributed by atoms with Crippen molar-refractivity contribution in [1.29, 1.82) is 0 Å². The van der Waals surface area contributed by atoms with Crippen LogP contribution in [0.3, 0.4) is 0 Å². The maximum atomic E-state index is 12.3. The predicted octanol–water partition coefficient (Wildman–Crippen LogP) is 1.27. The molecule has 21 heavy (non-hydrogen) atoms. The Hall–Kier alpha value is -0.810. The molecule has 0 aromatic carbocycles. The molecule has 2 aliphatic rings. The summed E-state index contributed by atoms with van der Waals surface area (Å²) in [5, 5.41) is 3.36. The number of nitrogens with zero attached hydrogens (tertiary/aromatic N) is 2. The van der Waals surface area contributed by atoms with Crippen LogP contribution in [-0.2, 0) is 9.59 Å². The Morgan fingerprint density at radius 2 is 1.67 bits per heavy atom. The Morgan fingerprint density at radius 1 is 1.05 bits per heavy atom. The number of halogens is 1. The molecule has 2 amide bonds. The number of nitrogens with one attached hydrogen (secondary N) is 1. The van der Waals surface area contributed by atoms with Gasteiger partial charge in [-0.1, -0.05) is 0 Å². The summed E-state index contributed by atoms with van der Waals surface area (Å²) in [5.41, 5.74) is 0. The number of hydrogen-bond donors (Lipinski definition) is 1. The molecule has 0 radical (unpaired) electrons. The minimum atomic E-state index is 0. The predicted molar refractivity (Wildman–Crippen MR) is 85.5 cm³/mol. The van der Waals surface area contributed by atoms with Crippen molar-refractivity contribution < 1.29 is 9.59 Å². The van der Waals surface area contributed by atoms with Crippen molar-refractivity contribution >= 4 is 24.2 Å². The van der Waals surface area contributed by atoms with E-state index < -0.39 is 0 Å². The number of hydrogen-bond acceptors (Lipinski definition) is 3. The normalized spacial score (nSPS) is 20.6. The van der Waals surface area contributed by atoms with E-state index in [1.807, 2.05) is 9.80 Å². The van der Waals surface area contributed by atoms with Crippen molar-refractivity contribution in [3.05, 3.63) is 0 Å². The molecule has 0 spiro atoms. The Balaban J connectivity index is 0.00000220. The van der Waals surface area contributed by atoms with Gasteiger partial charge in [0, 0.05) is 39.5 Å². The molecule has 6 heteroatoms. The van der Waals surface area contributed by atoms with Crippen molar-refractivity contribution in [2.45, 2.75) is 39.0 Å². The molecule has 2 heterocycles. The van der Waals surface area contributed by atoms with Gasteiger partial charge in [0.15, 0.2) is 0 Å². The second-order valence-electron chi connectivity index (χ2n) is 5.97. The van der Waals surface area contributed by atoms with Crippen molar-refractivity contribution in [1.82, 2.24) is 15.1 Å². The van der Waals surface area contributed by atoms with Crippen molar-refractivity contribution in [3.8, 4) is 0 Å². The quantitative estimate of drug-likeness (QED) is 0.853. The summed E-state index contributed by atoms with van der Waals surface area (Å²) in [7, 11) is 0. The molecule has 0 unspecified atom stereocenters. The number of carbonyl (C=O) groups excluding carboxylic acids is 2. The van der Waals surface area contributed by atoms with Crippen molar-refractivity contribution in [2.24, 2.45) is 5.92 Å². The van der Waals surface area contributed by atoms with E-state index in [2.05, 4.69) is 5.32 Å². The van der Waals surface area contributed by atoms with Crippen molar-refractivity contribution in [3.63, 3.8) is 0 Å². The fourth-order valence-electron chi connectivity index (χ4n) is 3.14. The van der Waals surface area contributed by atoms with Gasteiger partial charge in [0.2, 0.25) is 11.8 Å². The average Bonchev–Trinajstić information content (AvgIpc) is 2.72. The summed E-state index contributed by atoms with van der Waals surface area (Å²) in [6.07, 6.45) is 4.99. The smallest absolute Gasteiger partial charge is 0.222 e. The Morgan fingerprint density at radius 3 is 2.33 bits per heavy atom. The van der Waals surface area contributed by atoms with Gasteiger partial charge in [0.1, 0.15) is 0 Å². The van der Waals surface area contributed by atoms with Gasteiger partial charge in [-0.3, -0.25) is 9.59 Å². The zero-order chi connectivity index (χ0) is 14.4. The van der Waals surface area contributed by atoms with Crippen LogP contribution in [0.25, 0.3) is 0 Å². The SMILES string of the molecule is CC(=O)N1CCCN(C(=O)CCC2CCNCC2)CC1.Cl. The summed E-state index contributed by atoms with van der Waals surface area (Å²) < 4.78 is 0. The van der Waals surface area contributed by atoms with E-state index in [9.17, 15) is 9.59 Å². The van der Waals surface area contributed by atoms with Gasteiger partial charge in [-0.05, 0) is 44.7 Å². The number of carbonyl (C=O) groups is 2. The fraction of sp³-hybridized carbons (Fsp3) is 0.867. The van der Waals surface area contributed by atoms with Crippen LogP contribution in [0.4, 0.5) is 0 Å². The zero-order valence-electron chi connectivity index (χ0n) is 13.0. The highest BCUT2D eigenvalue weighted by Crippen LogP contribution is 2.18. The molecule has 2 saturated heterocycles.